The molecule has 1 atom stereocenters. The summed E-state index contributed by atoms with van der Waals surface area (Å²) in [5.74, 6) is 2.01. The van der Waals surface area contributed by atoms with E-state index in [2.05, 4.69) is 46.0 Å². The Labute approximate surface area is 117 Å². The summed E-state index contributed by atoms with van der Waals surface area (Å²) in [5.41, 5.74) is 10.6. The van der Waals surface area contributed by atoms with Crippen LogP contribution in [-0.2, 0) is 0 Å². The number of anilines is 1. The van der Waals surface area contributed by atoms with E-state index in [0.29, 0.717) is 18.4 Å². The van der Waals surface area contributed by atoms with Crippen molar-refractivity contribution >= 4 is 5.69 Å². The number of nitrogens with two attached hydrogens (primary N) is 1. The van der Waals surface area contributed by atoms with Crippen LogP contribution in [0.4, 0.5) is 5.69 Å². The average Bonchev–Trinajstić information content (AvgIpc) is 2.35. The van der Waals surface area contributed by atoms with Gasteiger partial charge in [-0.3, -0.25) is 0 Å². The molecule has 19 heavy (non-hydrogen) atoms. The quantitative estimate of drug-likeness (QED) is 0.829. The Balaban J connectivity index is 2.98. The first-order valence-electron chi connectivity index (χ1n) is 7.01. The molecular weight excluding hydrogens is 236 g/mol. The van der Waals surface area contributed by atoms with E-state index in [9.17, 15) is 0 Å². The summed E-state index contributed by atoms with van der Waals surface area (Å²) in [6, 6.07) is 2.20. The topological polar surface area (TPSA) is 47.3 Å². The molecule has 0 aliphatic heterocycles. The highest BCUT2D eigenvalue weighted by Gasteiger charge is 2.15. The van der Waals surface area contributed by atoms with Crippen molar-refractivity contribution < 1.29 is 4.74 Å². The number of aryl methyl sites for hydroxylation is 2. The van der Waals surface area contributed by atoms with E-state index < -0.39 is 0 Å². The number of methoxy groups -OCH3 is 1. The number of ether oxygens (including phenoxy) is 1. The van der Waals surface area contributed by atoms with Crippen LogP contribution < -0.4 is 15.8 Å². The molecule has 3 heteroatoms. The minimum atomic E-state index is 0.478. The highest BCUT2D eigenvalue weighted by molar-refractivity contribution is 5.66. The summed E-state index contributed by atoms with van der Waals surface area (Å²) in [5, 5.41) is 3.53. The van der Waals surface area contributed by atoms with E-state index >= 15 is 0 Å². The van der Waals surface area contributed by atoms with E-state index in [1.54, 1.807) is 7.11 Å². The second-order valence-electron chi connectivity index (χ2n) is 5.66. The maximum absolute atomic E-state index is 5.83. The summed E-state index contributed by atoms with van der Waals surface area (Å²) in [7, 11) is 1.73. The van der Waals surface area contributed by atoms with Crippen LogP contribution in [0.25, 0.3) is 0 Å². The Morgan fingerprint density at radius 2 is 1.84 bits per heavy atom. The Bertz CT molecular complexity index is 427. The highest BCUT2D eigenvalue weighted by atomic mass is 16.5. The molecule has 0 saturated carbocycles. The van der Waals surface area contributed by atoms with Gasteiger partial charge in [-0.2, -0.15) is 0 Å². The summed E-state index contributed by atoms with van der Waals surface area (Å²) in [6.07, 6.45) is 0. The van der Waals surface area contributed by atoms with Crippen molar-refractivity contribution in [3.05, 3.63) is 22.8 Å². The average molecular weight is 264 g/mol. The molecule has 0 spiro atoms. The molecule has 0 saturated heterocycles. The van der Waals surface area contributed by atoms with E-state index in [0.717, 1.165) is 18.0 Å². The lowest BCUT2D eigenvalue weighted by Crippen LogP contribution is -2.27. The van der Waals surface area contributed by atoms with Crippen LogP contribution in [0.5, 0.6) is 5.75 Å². The standard InChI is InChI=1S/C16H28N2O/c1-10(2)14(8-17)9-18-15-12(4)7-11(3)13(5)16(15)19-6/h7,10,14,18H,8-9,17H2,1-6H3. The van der Waals surface area contributed by atoms with Crippen LogP contribution in [0.15, 0.2) is 6.07 Å². The molecule has 108 valence electrons. The van der Waals surface area contributed by atoms with Gasteiger partial charge in [0, 0.05) is 6.54 Å². The van der Waals surface area contributed by atoms with Crippen LogP contribution in [0.2, 0.25) is 0 Å². The zero-order chi connectivity index (χ0) is 14.6. The van der Waals surface area contributed by atoms with Gasteiger partial charge in [-0.15, -0.1) is 0 Å². The monoisotopic (exact) mass is 264 g/mol. The molecule has 3 N–H and O–H groups in total. The largest absolute Gasteiger partial charge is 0.494 e. The molecule has 1 aromatic carbocycles. The van der Waals surface area contributed by atoms with Crippen molar-refractivity contribution in [1.29, 1.82) is 0 Å². The van der Waals surface area contributed by atoms with Crippen molar-refractivity contribution in [1.82, 2.24) is 0 Å². The lowest BCUT2D eigenvalue weighted by Gasteiger charge is -2.23. The Morgan fingerprint density at radius 3 is 2.32 bits per heavy atom. The first kappa shape index (κ1) is 15.8. The predicted molar refractivity (Wildman–Crippen MR) is 83.1 cm³/mol. The van der Waals surface area contributed by atoms with E-state index in [1.165, 1.54) is 16.7 Å². The molecule has 1 aromatic rings. The van der Waals surface area contributed by atoms with Gasteiger partial charge in [-0.25, -0.2) is 0 Å². The number of hydrogen-bond donors (Lipinski definition) is 2. The van der Waals surface area contributed by atoms with Crippen LogP contribution in [0, 0.1) is 32.6 Å². The van der Waals surface area contributed by atoms with Crippen molar-refractivity contribution in [2.75, 3.05) is 25.5 Å². The van der Waals surface area contributed by atoms with E-state index in [4.69, 9.17) is 10.5 Å². The zero-order valence-electron chi connectivity index (χ0n) is 13.1. The molecular formula is C16H28N2O. The summed E-state index contributed by atoms with van der Waals surface area (Å²) in [4.78, 5) is 0. The first-order chi connectivity index (χ1) is 8.92. The smallest absolute Gasteiger partial charge is 0.145 e. The highest BCUT2D eigenvalue weighted by Crippen LogP contribution is 2.34. The maximum atomic E-state index is 5.83. The van der Waals surface area contributed by atoms with Gasteiger partial charge in [0.15, 0.2) is 0 Å². The van der Waals surface area contributed by atoms with Crippen LogP contribution in [-0.4, -0.2) is 20.2 Å². The van der Waals surface area contributed by atoms with Gasteiger partial charge >= 0.3 is 0 Å². The van der Waals surface area contributed by atoms with Crippen LogP contribution in [0.1, 0.15) is 30.5 Å². The van der Waals surface area contributed by atoms with Crippen molar-refractivity contribution in [3.8, 4) is 5.75 Å². The minimum absolute atomic E-state index is 0.478. The molecule has 0 aromatic heterocycles. The SMILES string of the molecule is COc1c(C)c(C)cc(C)c1NCC(CN)C(C)C. The van der Waals surface area contributed by atoms with Gasteiger partial charge in [0.25, 0.3) is 0 Å². The molecule has 1 unspecified atom stereocenters. The van der Waals surface area contributed by atoms with Crippen LogP contribution >= 0.6 is 0 Å². The zero-order valence-corrected chi connectivity index (χ0v) is 13.1. The van der Waals surface area contributed by atoms with Crippen molar-refractivity contribution in [2.45, 2.75) is 34.6 Å². The third kappa shape index (κ3) is 3.63. The maximum Gasteiger partial charge on any atom is 0.145 e. The Kier molecular flexibility index (Phi) is 5.67. The molecule has 1 rings (SSSR count). The van der Waals surface area contributed by atoms with Crippen molar-refractivity contribution in [3.63, 3.8) is 0 Å². The van der Waals surface area contributed by atoms with Gasteiger partial charge < -0.3 is 15.8 Å². The summed E-state index contributed by atoms with van der Waals surface area (Å²) >= 11 is 0. The molecule has 0 radical (unpaired) electrons. The molecule has 0 aliphatic carbocycles. The normalized spacial score (nSPS) is 12.6. The van der Waals surface area contributed by atoms with Gasteiger partial charge in [0.2, 0.25) is 0 Å². The number of nitrogens with one attached hydrogen (secondary N) is 1. The first-order valence-corrected chi connectivity index (χ1v) is 7.01. The fourth-order valence-electron chi connectivity index (χ4n) is 2.35. The molecule has 0 bridgehead atoms. The predicted octanol–water partition coefficient (Wildman–Crippen LogP) is 3.26. The fourth-order valence-corrected chi connectivity index (χ4v) is 2.35. The second-order valence-corrected chi connectivity index (χ2v) is 5.66. The van der Waals surface area contributed by atoms with Gasteiger partial charge in [-0.05, 0) is 55.8 Å². The van der Waals surface area contributed by atoms with Gasteiger partial charge in [0.1, 0.15) is 5.75 Å². The molecule has 0 aliphatic rings. The van der Waals surface area contributed by atoms with Crippen LogP contribution in [0.3, 0.4) is 0 Å². The molecule has 3 nitrogen and oxygen atoms in total. The van der Waals surface area contributed by atoms with E-state index in [-0.39, 0.29) is 0 Å². The van der Waals surface area contributed by atoms with Gasteiger partial charge in [0.05, 0.1) is 12.8 Å². The lowest BCUT2D eigenvalue weighted by atomic mass is 9.95. The Hall–Kier alpha value is -1.22. The fraction of sp³-hybridized carbons (Fsp3) is 0.625. The van der Waals surface area contributed by atoms with Crippen molar-refractivity contribution in [2.24, 2.45) is 17.6 Å². The molecule has 0 fully saturated rings. The Morgan fingerprint density at radius 1 is 1.21 bits per heavy atom. The third-order valence-corrected chi connectivity index (χ3v) is 3.98. The number of hydrogen-bond acceptors (Lipinski definition) is 3. The second kappa shape index (κ2) is 6.80. The number of rotatable bonds is 6. The van der Waals surface area contributed by atoms with E-state index in [1.807, 2.05) is 0 Å². The third-order valence-electron chi connectivity index (χ3n) is 3.98. The minimum Gasteiger partial charge on any atom is -0.494 e. The van der Waals surface area contributed by atoms with Gasteiger partial charge in [-0.1, -0.05) is 19.9 Å². The summed E-state index contributed by atoms with van der Waals surface area (Å²) in [6.45, 7) is 12.3. The molecule has 0 heterocycles. The summed E-state index contributed by atoms with van der Waals surface area (Å²) < 4.78 is 5.57. The molecule has 0 amide bonds. The lowest BCUT2D eigenvalue weighted by molar-refractivity contribution is 0.403. The number of benzene rings is 1.